The molecule has 0 aliphatic heterocycles. The van der Waals surface area contributed by atoms with Gasteiger partial charge < -0.3 is 10.6 Å². The molecule has 0 unspecified atom stereocenters. The number of carbonyl (C=O) groups is 1. The molecular formula is C20H18ClN3O. The second-order valence-corrected chi connectivity index (χ2v) is 6.12. The van der Waals surface area contributed by atoms with E-state index in [0.29, 0.717) is 17.3 Å². The van der Waals surface area contributed by atoms with Crippen molar-refractivity contribution in [3.8, 4) is 0 Å². The van der Waals surface area contributed by atoms with Crippen LogP contribution < -0.4 is 10.6 Å². The molecule has 0 bridgehead atoms. The third-order valence-electron chi connectivity index (χ3n) is 3.68. The first-order chi connectivity index (χ1) is 12.1. The number of hydrogen-bond donors (Lipinski definition) is 2. The van der Waals surface area contributed by atoms with Gasteiger partial charge in [0.2, 0.25) is 0 Å². The molecule has 2 N–H and O–H groups in total. The minimum absolute atomic E-state index is 0.203. The van der Waals surface area contributed by atoms with Gasteiger partial charge in [0.05, 0.1) is 22.6 Å². The molecule has 1 amide bonds. The molecule has 5 heteroatoms. The van der Waals surface area contributed by atoms with Crippen molar-refractivity contribution in [3.63, 3.8) is 0 Å². The first kappa shape index (κ1) is 17.0. The number of hydrogen-bond acceptors (Lipinski definition) is 3. The smallest absolute Gasteiger partial charge is 0.270 e. The van der Waals surface area contributed by atoms with Gasteiger partial charge in [-0.25, -0.2) is 4.98 Å². The Morgan fingerprint density at radius 1 is 1.08 bits per heavy atom. The molecule has 2 aromatic carbocycles. The molecule has 3 aromatic rings. The molecule has 1 heterocycles. The number of pyridine rings is 1. The van der Waals surface area contributed by atoms with E-state index < -0.39 is 0 Å². The summed E-state index contributed by atoms with van der Waals surface area (Å²) in [5.74, 6) is -0.203. The maximum atomic E-state index is 12.2. The average molecular weight is 352 g/mol. The number of aryl methyl sites for hydroxylation is 1. The monoisotopic (exact) mass is 351 g/mol. The number of benzene rings is 2. The number of rotatable bonds is 5. The maximum absolute atomic E-state index is 12.2. The number of carbonyl (C=O) groups excluding carboxylic acids is 1. The minimum atomic E-state index is -0.203. The second kappa shape index (κ2) is 7.81. The lowest BCUT2D eigenvalue weighted by Gasteiger charge is -2.09. The molecule has 1 aromatic heterocycles. The first-order valence-electron chi connectivity index (χ1n) is 7.93. The molecule has 25 heavy (non-hydrogen) atoms. The van der Waals surface area contributed by atoms with Crippen LogP contribution in [0.5, 0.6) is 0 Å². The molecule has 0 saturated heterocycles. The van der Waals surface area contributed by atoms with Crippen LogP contribution in [-0.4, -0.2) is 10.9 Å². The van der Waals surface area contributed by atoms with Gasteiger partial charge in [0.1, 0.15) is 5.69 Å². The standard InChI is InChI=1S/C20H18ClN3O/c1-14-5-4-6-15(11-14)12-23-20(25)19-10-9-16(13-22-19)24-18-8-3-2-7-17(18)21/h2-11,13,24H,12H2,1H3,(H,23,25). The number of nitrogens with zero attached hydrogens (tertiary/aromatic N) is 1. The van der Waals surface area contributed by atoms with Gasteiger partial charge in [0.25, 0.3) is 5.91 Å². The van der Waals surface area contributed by atoms with Crippen LogP contribution >= 0.6 is 11.6 Å². The molecule has 0 aliphatic rings. The Morgan fingerprint density at radius 2 is 1.92 bits per heavy atom. The SMILES string of the molecule is Cc1cccc(CNC(=O)c2ccc(Nc3ccccc3Cl)cn2)c1. The van der Waals surface area contributed by atoms with Crippen molar-refractivity contribution in [1.82, 2.24) is 10.3 Å². The van der Waals surface area contributed by atoms with Crippen LogP contribution in [0.15, 0.2) is 66.9 Å². The molecule has 4 nitrogen and oxygen atoms in total. The number of amides is 1. The van der Waals surface area contributed by atoms with Crippen molar-refractivity contribution in [2.75, 3.05) is 5.32 Å². The third-order valence-corrected chi connectivity index (χ3v) is 4.01. The largest absolute Gasteiger partial charge is 0.353 e. The molecule has 3 rings (SSSR count). The zero-order valence-corrected chi connectivity index (χ0v) is 14.5. The Labute approximate surface area is 151 Å². The normalized spacial score (nSPS) is 10.3. The number of nitrogens with one attached hydrogen (secondary N) is 2. The van der Waals surface area contributed by atoms with E-state index in [1.807, 2.05) is 55.5 Å². The van der Waals surface area contributed by atoms with E-state index in [0.717, 1.165) is 16.9 Å². The van der Waals surface area contributed by atoms with Gasteiger partial charge in [0, 0.05) is 6.54 Å². The Morgan fingerprint density at radius 3 is 2.64 bits per heavy atom. The highest BCUT2D eigenvalue weighted by atomic mass is 35.5. The van der Waals surface area contributed by atoms with Crippen LogP contribution in [-0.2, 0) is 6.54 Å². The summed E-state index contributed by atoms with van der Waals surface area (Å²) in [5, 5.41) is 6.68. The molecule has 126 valence electrons. The summed E-state index contributed by atoms with van der Waals surface area (Å²) in [6.45, 7) is 2.50. The van der Waals surface area contributed by atoms with Crippen LogP contribution in [0.2, 0.25) is 5.02 Å². The highest BCUT2D eigenvalue weighted by molar-refractivity contribution is 6.33. The Balaban J connectivity index is 1.61. The van der Waals surface area contributed by atoms with Crippen molar-refractivity contribution < 1.29 is 4.79 Å². The minimum Gasteiger partial charge on any atom is -0.353 e. The summed E-state index contributed by atoms with van der Waals surface area (Å²) in [7, 11) is 0. The predicted octanol–water partition coefficient (Wildman–Crippen LogP) is 4.72. The molecular weight excluding hydrogens is 334 g/mol. The van der Waals surface area contributed by atoms with Gasteiger partial charge in [-0.2, -0.15) is 0 Å². The zero-order valence-electron chi connectivity index (χ0n) is 13.8. The predicted molar refractivity (Wildman–Crippen MR) is 101 cm³/mol. The number of anilines is 2. The highest BCUT2D eigenvalue weighted by Gasteiger charge is 2.07. The third kappa shape index (κ3) is 4.58. The van der Waals surface area contributed by atoms with Crippen molar-refractivity contribution >= 4 is 28.9 Å². The van der Waals surface area contributed by atoms with Crippen LogP contribution in [0, 0.1) is 6.92 Å². The van der Waals surface area contributed by atoms with Crippen LogP contribution in [0.25, 0.3) is 0 Å². The quantitative estimate of drug-likeness (QED) is 0.699. The fraction of sp³-hybridized carbons (Fsp3) is 0.100. The van der Waals surface area contributed by atoms with Gasteiger partial charge in [-0.15, -0.1) is 0 Å². The molecule has 0 fully saturated rings. The van der Waals surface area contributed by atoms with E-state index in [2.05, 4.69) is 15.6 Å². The summed E-state index contributed by atoms with van der Waals surface area (Å²) in [6, 6.07) is 19.0. The molecule has 0 radical (unpaired) electrons. The van der Waals surface area contributed by atoms with Gasteiger partial charge in [-0.3, -0.25) is 4.79 Å². The van der Waals surface area contributed by atoms with E-state index in [1.165, 1.54) is 5.56 Å². The van der Waals surface area contributed by atoms with E-state index in [9.17, 15) is 4.79 Å². The first-order valence-corrected chi connectivity index (χ1v) is 8.31. The Hall–Kier alpha value is -2.85. The summed E-state index contributed by atoms with van der Waals surface area (Å²) >= 11 is 6.12. The van der Waals surface area contributed by atoms with Gasteiger partial charge in [-0.05, 0) is 36.8 Å². The van der Waals surface area contributed by atoms with Crippen LogP contribution in [0.3, 0.4) is 0 Å². The average Bonchev–Trinajstić information content (AvgIpc) is 2.62. The van der Waals surface area contributed by atoms with Crippen LogP contribution in [0.1, 0.15) is 21.6 Å². The number of aromatic nitrogens is 1. The Bertz CT molecular complexity index is 878. The highest BCUT2D eigenvalue weighted by Crippen LogP contribution is 2.24. The molecule has 0 saturated carbocycles. The summed E-state index contributed by atoms with van der Waals surface area (Å²) in [5.41, 5.74) is 4.16. The fourth-order valence-electron chi connectivity index (χ4n) is 2.42. The number of halogens is 1. The second-order valence-electron chi connectivity index (χ2n) is 5.71. The van der Waals surface area contributed by atoms with Crippen molar-refractivity contribution in [2.45, 2.75) is 13.5 Å². The van der Waals surface area contributed by atoms with Crippen molar-refractivity contribution in [3.05, 3.63) is 88.7 Å². The number of para-hydroxylation sites is 1. The summed E-state index contributed by atoms with van der Waals surface area (Å²) < 4.78 is 0. The molecule has 0 atom stereocenters. The molecule has 0 spiro atoms. The van der Waals surface area contributed by atoms with Gasteiger partial charge in [-0.1, -0.05) is 53.6 Å². The van der Waals surface area contributed by atoms with E-state index in [4.69, 9.17) is 11.6 Å². The van der Waals surface area contributed by atoms with E-state index in [-0.39, 0.29) is 5.91 Å². The maximum Gasteiger partial charge on any atom is 0.270 e. The lowest BCUT2D eigenvalue weighted by Crippen LogP contribution is -2.23. The Kier molecular flexibility index (Phi) is 5.31. The summed E-state index contributed by atoms with van der Waals surface area (Å²) in [6.07, 6.45) is 1.62. The van der Waals surface area contributed by atoms with Crippen molar-refractivity contribution in [1.29, 1.82) is 0 Å². The van der Waals surface area contributed by atoms with Crippen LogP contribution in [0.4, 0.5) is 11.4 Å². The zero-order chi connectivity index (χ0) is 17.6. The molecule has 0 aliphatic carbocycles. The van der Waals surface area contributed by atoms with Gasteiger partial charge in [0.15, 0.2) is 0 Å². The van der Waals surface area contributed by atoms with E-state index >= 15 is 0 Å². The fourth-order valence-corrected chi connectivity index (χ4v) is 2.60. The topological polar surface area (TPSA) is 54.0 Å². The van der Waals surface area contributed by atoms with Crippen molar-refractivity contribution in [2.24, 2.45) is 0 Å². The van der Waals surface area contributed by atoms with Gasteiger partial charge >= 0.3 is 0 Å². The lowest BCUT2D eigenvalue weighted by molar-refractivity contribution is 0.0946. The van der Waals surface area contributed by atoms with E-state index in [1.54, 1.807) is 18.3 Å². The summed E-state index contributed by atoms with van der Waals surface area (Å²) in [4.78, 5) is 16.4. The lowest BCUT2D eigenvalue weighted by atomic mass is 10.1.